The molecule has 0 radical (unpaired) electrons. The molecule has 3 atom stereocenters. The van der Waals surface area contributed by atoms with Gasteiger partial charge in [0.2, 0.25) is 17.7 Å². The number of hydrogen-bond acceptors (Lipinski definition) is 7. The van der Waals surface area contributed by atoms with Gasteiger partial charge >= 0.3 is 6.09 Å². The van der Waals surface area contributed by atoms with E-state index < -0.39 is 41.9 Å². The summed E-state index contributed by atoms with van der Waals surface area (Å²) in [5.74, 6) is -1.72. The Morgan fingerprint density at radius 2 is 1.86 bits per heavy atom. The third-order valence-corrected chi connectivity index (χ3v) is 6.91. The standard InChI is InChI=1S/C25H32N4O6S/c1-35-25(34)28-20(14-36-15-30)24(33)29-11-5-4-8-21(29)23(32)27-19(22(26)31)13-16-9-10-17-6-2-3-7-18(17)12-16/h2-3,6-7,9-10,12,19-21,30H,4-5,8,11,13-15H2,1H3,(H2,26,31)(H,27,32)(H,28,34)/t19-,20-,21-/m0/s1. The van der Waals surface area contributed by atoms with Gasteiger partial charge in [-0.05, 0) is 35.6 Å². The molecule has 4 amide bonds. The van der Waals surface area contributed by atoms with Gasteiger partial charge in [-0.1, -0.05) is 42.5 Å². The minimum Gasteiger partial charge on any atom is -0.453 e. The van der Waals surface area contributed by atoms with Crippen molar-refractivity contribution in [1.29, 1.82) is 0 Å². The quantitative estimate of drug-likeness (QED) is 0.346. The molecule has 0 bridgehead atoms. The van der Waals surface area contributed by atoms with Gasteiger partial charge in [-0.15, -0.1) is 11.8 Å². The third-order valence-electron chi connectivity index (χ3n) is 6.15. The number of thioether (sulfide) groups is 1. The molecule has 194 valence electrons. The maximum atomic E-state index is 13.3. The van der Waals surface area contributed by atoms with Gasteiger partial charge in [-0.25, -0.2) is 4.79 Å². The Kier molecular flexibility index (Phi) is 9.95. The largest absolute Gasteiger partial charge is 0.453 e. The third kappa shape index (κ3) is 7.11. The van der Waals surface area contributed by atoms with Gasteiger partial charge in [-0.3, -0.25) is 14.4 Å². The number of benzene rings is 2. The van der Waals surface area contributed by atoms with Crippen LogP contribution in [0, 0.1) is 0 Å². The Morgan fingerprint density at radius 1 is 1.11 bits per heavy atom. The minimum atomic E-state index is -0.979. The van der Waals surface area contributed by atoms with Crippen LogP contribution in [0.5, 0.6) is 0 Å². The molecule has 3 rings (SSSR count). The average Bonchev–Trinajstić information content (AvgIpc) is 2.89. The van der Waals surface area contributed by atoms with E-state index in [9.17, 15) is 19.2 Å². The zero-order valence-electron chi connectivity index (χ0n) is 20.1. The molecule has 0 aliphatic carbocycles. The summed E-state index contributed by atoms with van der Waals surface area (Å²) in [7, 11) is 1.19. The summed E-state index contributed by atoms with van der Waals surface area (Å²) in [6, 6.07) is 10.9. The maximum Gasteiger partial charge on any atom is 0.407 e. The van der Waals surface area contributed by atoms with Crippen LogP contribution >= 0.6 is 11.8 Å². The molecule has 1 fully saturated rings. The fraction of sp³-hybridized carbons (Fsp3) is 0.440. The number of aliphatic hydroxyl groups excluding tert-OH is 1. The van der Waals surface area contributed by atoms with E-state index in [0.29, 0.717) is 19.4 Å². The minimum absolute atomic E-state index is 0.112. The Hall–Kier alpha value is -3.31. The Morgan fingerprint density at radius 3 is 2.56 bits per heavy atom. The second kappa shape index (κ2) is 13.1. The Labute approximate surface area is 213 Å². The first-order valence-electron chi connectivity index (χ1n) is 11.7. The summed E-state index contributed by atoms with van der Waals surface area (Å²) < 4.78 is 4.61. The van der Waals surface area contributed by atoms with Crippen molar-refractivity contribution in [2.75, 3.05) is 25.3 Å². The van der Waals surface area contributed by atoms with E-state index in [1.165, 1.54) is 12.0 Å². The van der Waals surface area contributed by atoms with Crippen molar-refractivity contribution in [3.8, 4) is 0 Å². The van der Waals surface area contributed by atoms with Crippen LogP contribution in [0.2, 0.25) is 0 Å². The number of nitrogens with two attached hydrogens (primary N) is 1. The van der Waals surface area contributed by atoms with Crippen LogP contribution in [0.3, 0.4) is 0 Å². The van der Waals surface area contributed by atoms with Gasteiger partial charge in [0.05, 0.1) is 13.0 Å². The van der Waals surface area contributed by atoms with Crippen LogP contribution in [0.1, 0.15) is 24.8 Å². The number of primary amides is 1. The lowest BCUT2D eigenvalue weighted by Gasteiger charge is -2.37. The second-order valence-corrected chi connectivity index (χ2v) is 9.58. The van der Waals surface area contributed by atoms with Crippen molar-refractivity contribution in [2.24, 2.45) is 5.73 Å². The zero-order valence-corrected chi connectivity index (χ0v) is 21.0. The topological polar surface area (TPSA) is 151 Å². The van der Waals surface area contributed by atoms with Crippen molar-refractivity contribution in [1.82, 2.24) is 15.5 Å². The van der Waals surface area contributed by atoms with Gasteiger partial charge < -0.3 is 31.1 Å². The van der Waals surface area contributed by atoms with E-state index in [4.69, 9.17) is 10.8 Å². The second-order valence-electron chi connectivity index (χ2n) is 8.58. The molecule has 0 saturated carbocycles. The van der Waals surface area contributed by atoms with Crippen molar-refractivity contribution in [3.63, 3.8) is 0 Å². The van der Waals surface area contributed by atoms with Gasteiger partial charge in [0, 0.05) is 18.7 Å². The van der Waals surface area contributed by atoms with Crippen LogP contribution in [0.15, 0.2) is 42.5 Å². The van der Waals surface area contributed by atoms with Gasteiger partial charge in [-0.2, -0.15) is 0 Å². The number of rotatable bonds is 10. The SMILES string of the molecule is COC(=O)N[C@@H](CSCO)C(=O)N1CCCC[C@H]1C(=O)N[C@@H](Cc1ccc2ccccc2c1)C(N)=O. The number of methoxy groups -OCH3 is 1. The lowest BCUT2D eigenvalue weighted by molar-refractivity contribution is -0.144. The molecular formula is C25H32N4O6S. The molecule has 1 saturated heterocycles. The number of carbonyl (C=O) groups excluding carboxylic acids is 4. The summed E-state index contributed by atoms with van der Waals surface area (Å²) in [5.41, 5.74) is 6.47. The lowest BCUT2D eigenvalue weighted by Crippen LogP contribution is -2.60. The predicted octanol–water partition coefficient (Wildman–Crippen LogP) is 1.14. The molecule has 11 heteroatoms. The number of likely N-dealkylation sites (tertiary alicyclic amines) is 1. The highest BCUT2D eigenvalue weighted by molar-refractivity contribution is 7.99. The fourth-order valence-corrected chi connectivity index (χ4v) is 4.87. The number of nitrogens with one attached hydrogen (secondary N) is 2. The molecule has 5 N–H and O–H groups in total. The summed E-state index contributed by atoms with van der Waals surface area (Å²) >= 11 is 1.06. The van der Waals surface area contributed by atoms with Crippen LogP contribution in [-0.2, 0) is 25.5 Å². The number of hydrogen-bond donors (Lipinski definition) is 4. The molecule has 0 aromatic heterocycles. The Balaban J connectivity index is 1.74. The van der Waals surface area contributed by atoms with E-state index in [-0.39, 0.29) is 18.1 Å². The lowest BCUT2D eigenvalue weighted by atomic mass is 9.98. The number of aliphatic hydroxyl groups is 1. The number of carbonyl (C=O) groups is 4. The molecule has 1 aliphatic heterocycles. The van der Waals surface area contributed by atoms with Gasteiger partial charge in [0.1, 0.15) is 18.1 Å². The van der Waals surface area contributed by atoms with Crippen molar-refractivity contribution < 1.29 is 29.0 Å². The summed E-state index contributed by atoms with van der Waals surface area (Å²) in [6.07, 6.45) is 1.27. The van der Waals surface area contributed by atoms with Crippen LogP contribution in [0.4, 0.5) is 4.79 Å². The molecule has 2 aromatic rings. The smallest absolute Gasteiger partial charge is 0.407 e. The van der Waals surface area contributed by atoms with Gasteiger partial charge in [0.15, 0.2) is 0 Å². The van der Waals surface area contributed by atoms with E-state index in [0.717, 1.165) is 34.5 Å². The first kappa shape index (κ1) is 27.3. The van der Waals surface area contributed by atoms with Crippen LogP contribution < -0.4 is 16.4 Å². The summed E-state index contributed by atoms with van der Waals surface area (Å²) in [5, 5.41) is 16.4. The molecule has 0 spiro atoms. The molecule has 10 nitrogen and oxygen atoms in total. The van der Waals surface area contributed by atoms with E-state index in [1.54, 1.807) is 0 Å². The first-order chi connectivity index (χ1) is 17.3. The molecular weight excluding hydrogens is 484 g/mol. The highest BCUT2D eigenvalue weighted by Crippen LogP contribution is 2.21. The van der Waals surface area contributed by atoms with Crippen LogP contribution in [-0.4, -0.2) is 77.3 Å². The molecule has 36 heavy (non-hydrogen) atoms. The highest BCUT2D eigenvalue weighted by atomic mass is 32.2. The molecule has 1 heterocycles. The normalized spacial score (nSPS) is 17.2. The average molecular weight is 517 g/mol. The first-order valence-corrected chi connectivity index (χ1v) is 12.9. The number of piperidine rings is 1. The van der Waals surface area contributed by atoms with E-state index in [2.05, 4.69) is 15.4 Å². The monoisotopic (exact) mass is 516 g/mol. The number of ether oxygens (including phenoxy) is 1. The highest BCUT2D eigenvalue weighted by Gasteiger charge is 2.37. The number of alkyl carbamates (subject to hydrolysis) is 1. The van der Waals surface area contributed by atoms with E-state index in [1.807, 2.05) is 42.5 Å². The van der Waals surface area contributed by atoms with Gasteiger partial charge in [0.25, 0.3) is 0 Å². The zero-order chi connectivity index (χ0) is 26.1. The summed E-state index contributed by atoms with van der Waals surface area (Å²) in [4.78, 5) is 52.0. The number of nitrogens with zero attached hydrogens (tertiary/aromatic N) is 1. The van der Waals surface area contributed by atoms with Crippen molar-refractivity contribution in [2.45, 2.75) is 43.8 Å². The molecule has 0 unspecified atom stereocenters. The molecule has 2 aromatic carbocycles. The number of fused-ring (bicyclic) bond motifs is 1. The summed E-state index contributed by atoms with van der Waals surface area (Å²) in [6.45, 7) is 0.325. The maximum absolute atomic E-state index is 13.3. The van der Waals surface area contributed by atoms with Crippen molar-refractivity contribution >= 4 is 46.3 Å². The fourth-order valence-electron chi connectivity index (χ4n) is 4.31. The van der Waals surface area contributed by atoms with Crippen molar-refractivity contribution in [3.05, 3.63) is 48.0 Å². The van der Waals surface area contributed by atoms with E-state index >= 15 is 0 Å². The number of amides is 4. The Bertz CT molecular complexity index is 1100. The van der Waals surface area contributed by atoms with Crippen LogP contribution in [0.25, 0.3) is 10.8 Å². The molecule has 1 aliphatic rings. The predicted molar refractivity (Wildman–Crippen MR) is 137 cm³/mol.